The highest BCUT2D eigenvalue weighted by Gasteiger charge is 2.02. The molecule has 0 unspecified atom stereocenters. The monoisotopic (exact) mass is 202 g/mol. The molecule has 1 aromatic heterocycles. The van der Waals surface area contributed by atoms with Gasteiger partial charge in [0, 0.05) is 10.8 Å². The van der Waals surface area contributed by atoms with E-state index in [0.717, 1.165) is 10.8 Å². The number of anilines is 1. The van der Waals surface area contributed by atoms with E-state index in [0.29, 0.717) is 5.82 Å². The Morgan fingerprint density at radius 3 is 3.00 bits per heavy atom. The second-order valence-electron chi connectivity index (χ2n) is 3.10. The summed E-state index contributed by atoms with van der Waals surface area (Å²) in [6.07, 6.45) is 1.67. The Hall–Kier alpha value is -2.17. The van der Waals surface area contributed by atoms with Crippen molar-refractivity contribution in [1.29, 1.82) is 0 Å². The zero-order valence-corrected chi connectivity index (χ0v) is 7.97. The van der Waals surface area contributed by atoms with E-state index in [1.165, 1.54) is 0 Å². The standard InChI is InChI=1S/C10H10N4O/c11-9(15)6-12-10-8-4-2-1-3-7(8)5-13-14-10/h1-5H,6H2,(H2,11,15)(H,12,14). The summed E-state index contributed by atoms with van der Waals surface area (Å²) in [7, 11) is 0. The summed E-state index contributed by atoms with van der Waals surface area (Å²) < 4.78 is 0. The van der Waals surface area contributed by atoms with Gasteiger partial charge in [-0.05, 0) is 0 Å². The maximum atomic E-state index is 10.6. The molecule has 0 spiro atoms. The molecular formula is C10H10N4O. The Morgan fingerprint density at radius 2 is 2.20 bits per heavy atom. The van der Waals surface area contributed by atoms with Gasteiger partial charge in [0.1, 0.15) is 0 Å². The molecule has 2 rings (SSSR count). The van der Waals surface area contributed by atoms with Crippen molar-refractivity contribution in [2.45, 2.75) is 0 Å². The Kier molecular flexibility index (Phi) is 2.45. The predicted molar refractivity (Wildman–Crippen MR) is 57.2 cm³/mol. The lowest BCUT2D eigenvalue weighted by atomic mass is 10.2. The number of carbonyl (C=O) groups excluding carboxylic acids is 1. The van der Waals surface area contributed by atoms with Crippen molar-refractivity contribution in [2.75, 3.05) is 11.9 Å². The van der Waals surface area contributed by atoms with Gasteiger partial charge in [-0.1, -0.05) is 24.3 Å². The Morgan fingerprint density at radius 1 is 1.40 bits per heavy atom. The topological polar surface area (TPSA) is 80.9 Å². The van der Waals surface area contributed by atoms with Gasteiger partial charge in [0.15, 0.2) is 5.82 Å². The molecule has 5 nitrogen and oxygen atoms in total. The van der Waals surface area contributed by atoms with E-state index in [1.54, 1.807) is 6.20 Å². The number of carbonyl (C=O) groups is 1. The number of hydrogen-bond donors (Lipinski definition) is 2. The Labute approximate surface area is 86.3 Å². The third-order valence-electron chi connectivity index (χ3n) is 2.00. The van der Waals surface area contributed by atoms with Crippen LogP contribution in [0, 0.1) is 0 Å². The normalized spacial score (nSPS) is 10.1. The molecule has 0 radical (unpaired) electrons. The highest BCUT2D eigenvalue weighted by molar-refractivity contribution is 5.92. The van der Waals surface area contributed by atoms with Crippen LogP contribution in [0.1, 0.15) is 0 Å². The lowest BCUT2D eigenvalue weighted by molar-refractivity contribution is -0.116. The molecule has 3 N–H and O–H groups in total. The van der Waals surface area contributed by atoms with E-state index >= 15 is 0 Å². The van der Waals surface area contributed by atoms with Gasteiger partial charge in [-0.3, -0.25) is 4.79 Å². The summed E-state index contributed by atoms with van der Waals surface area (Å²) in [4.78, 5) is 10.6. The summed E-state index contributed by atoms with van der Waals surface area (Å²) in [5.41, 5.74) is 5.03. The van der Waals surface area contributed by atoms with E-state index in [4.69, 9.17) is 5.73 Å². The van der Waals surface area contributed by atoms with Crippen molar-refractivity contribution in [3.8, 4) is 0 Å². The predicted octanol–water partition coefficient (Wildman–Crippen LogP) is 0.527. The van der Waals surface area contributed by atoms with Crippen molar-refractivity contribution in [3.05, 3.63) is 30.5 Å². The molecule has 0 saturated carbocycles. The third-order valence-corrected chi connectivity index (χ3v) is 2.00. The summed E-state index contributed by atoms with van der Waals surface area (Å²) in [5, 5.41) is 12.5. The van der Waals surface area contributed by atoms with Crippen LogP contribution in [-0.2, 0) is 4.79 Å². The quantitative estimate of drug-likeness (QED) is 0.760. The minimum absolute atomic E-state index is 0.0582. The van der Waals surface area contributed by atoms with Crippen molar-refractivity contribution in [3.63, 3.8) is 0 Å². The number of hydrogen-bond acceptors (Lipinski definition) is 4. The fraction of sp³-hybridized carbons (Fsp3) is 0.100. The average Bonchev–Trinajstić information content (AvgIpc) is 2.26. The first kappa shape index (κ1) is 9.39. The van der Waals surface area contributed by atoms with Crippen molar-refractivity contribution < 1.29 is 4.79 Å². The highest BCUT2D eigenvalue weighted by Crippen LogP contribution is 2.18. The molecule has 1 heterocycles. The molecule has 15 heavy (non-hydrogen) atoms. The van der Waals surface area contributed by atoms with Gasteiger partial charge in [-0.2, -0.15) is 5.10 Å². The van der Waals surface area contributed by atoms with Crippen LogP contribution in [-0.4, -0.2) is 22.6 Å². The van der Waals surface area contributed by atoms with E-state index in [9.17, 15) is 4.79 Å². The second-order valence-corrected chi connectivity index (χ2v) is 3.10. The Bertz CT molecular complexity index is 492. The van der Waals surface area contributed by atoms with Gasteiger partial charge in [0.05, 0.1) is 12.7 Å². The molecule has 5 heteroatoms. The third kappa shape index (κ3) is 2.01. The summed E-state index contributed by atoms with van der Waals surface area (Å²) in [6, 6.07) is 7.66. The lowest BCUT2D eigenvalue weighted by Crippen LogP contribution is -2.22. The molecule has 0 bridgehead atoms. The maximum Gasteiger partial charge on any atom is 0.236 e. The smallest absolute Gasteiger partial charge is 0.236 e. The highest BCUT2D eigenvalue weighted by atomic mass is 16.1. The van der Waals surface area contributed by atoms with Crippen LogP contribution < -0.4 is 11.1 Å². The number of rotatable bonds is 3. The molecular weight excluding hydrogens is 192 g/mol. The molecule has 1 aromatic carbocycles. The van der Waals surface area contributed by atoms with Gasteiger partial charge < -0.3 is 11.1 Å². The second kappa shape index (κ2) is 3.91. The number of amides is 1. The van der Waals surface area contributed by atoms with Crippen molar-refractivity contribution in [1.82, 2.24) is 10.2 Å². The number of primary amides is 1. The fourth-order valence-corrected chi connectivity index (χ4v) is 1.33. The number of nitrogens with two attached hydrogens (primary N) is 1. The first-order valence-electron chi connectivity index (χ1n) is 4.50. The summed E-state index contributed by atoms with van der Waals surface area (Å²) >= 11 is 0. The number of benzene rings is 1. The van der Waals surface area contributed by atoms with Crippen LogP contribution in [0.25, 0.3) is 10.8 Å². The van der Waals surface area contributed by atoms with E-state index in [2.05, 4.69) is 15.5 Å². The first-order valence-corrected chi connectivity index (χ1v) is 4.50. The van der Waals surface area contributed by atoms with Gasteiger partial charge in [0.25, 0.3) is 0 Å². The zero-order chi connectivity index (χ0) is 10.7. The van der Waals surface area contributed by atoms with Crippen LogP contribution in [0.5, 0.6) is 0 Å². The number of fused-ring (bicyclic) bond motifs is 1. The van der Waals surface area contributed by atoms with Crippen LogP contribution in [0.3, 0.4) is 0 Å². The molecule has 0 aliphatic heterocycles. The zero-order valence-electron chi connectivity index (χ0n) is 7.97. The Balaban J connectivity index is 2.38. The van der Waals surface area contributed by atoms with Crippen LogP contribution in [0.15, 0.2) is 30.5 Å². The van der Waals surface area contributed by atoms with E-state index in [1.807, 2.05) is 24.3 Å². The van der Waals surface area contributed by atoms with E-state index < -0.39 is 5.91 Å². The minimum Gasteiger partial charge on any atom is -0.368 e. The first-order chi connectivity index (χ1) is 7.27. The van der Waals surface area contributed by atoms with Gasteiger partial charge >= 0.3 is 0 Å². The average molecular weight is 202 g/mol. The SMILES string of the molecule is NC(=O)CNc1nncc2ccccc12. The fourth-order valence-electron chi connectivity index (χ4n) is 1.33. The number of aromatic nitrogens is 2. The molecule has 0 atom stereocenters. The lowest BCUT2D eigenvalue weighted by Gasteiger charge is -2.05. The molecule has 0 aliphatic rings. The summed E-state index contributed by atoms with van der Waals surface area (Å²) in [6.45, 7) is 0.0582. The molecule has 0 aliphatic carbocycles. The largest absolute Gasteiger partial charge is 0.368 e. The van der Waals surface area contributed by atoms with Gasteiger partial charge in [-0.25, -0.2) is 0 Å². The van der Waals surface area contributed by atoms with Gasteiger partial charge in [-0.15, -0.1) is 5.10 Å². The van der Waals surface area contributed by atoms with Crippen molar-refractivity contribution >= 4 is 22.5 Å². The molecule has 76 valence electrons. The van der Waals surface area contributed by atoms with Crippen molar-refractivity contribution in [2.24, 2.45) is 5.73 Å². The summed E-state index contributed by atoms with van der Waals surface area (Å²) in [5.74, 6) is 0.150. The maximum absolute atomic E-state index is 10.6. The van der Waals surface area contributed by atoms with Crippen LogP contribution >= 0.6 is 0 Å². The number of nitrogens with one attached hydrogen (secondary N) is 1. The minimum atomic E-state index is -0.426. The van der Waals surface area contributed by atoms with Crippen LogP contribution in [0.2, 0.25) is 0 Å². The molecule has 0 saturated heterocycles. The molecule has 2 aromatic rings. The molecule has 1 amide bonds. The number of nitrogens with zero attached hydrogens (tertiary/aromatic N) is 2. The van der Waals surface area contributed by atoms with Crippen LogP contribution in [0.4, 0.5) is 5.82 Å². The van der Waals surface area contributed by atoms with E-state index in [-0.39, 0.29) is 6.54 Å². The van der Waals surface area contributed by atoms with Gasteiger partial charge in [0.2, 0.25) is 5.91 Å². The molecule has 0 fully saturated rings.